The lowest BCUT2D eigenvalue weighted by molar-refractivity contribution is -0.662. The molecule has 2 atom stereocenters. The van der Waals surface area contributed by atoms with E-state index in [4.69, 9.17) is 14.2 Å². The van der Waals surface area contributed by atoms with E-state index in [1.165, 1.54) is 6.07 Å². The number of para-hydroxylation sites is 3. The minimum Gasteiger partial charge on any atom is -0.493 e. The van der Waals surface area contributed by atoms with Crippen LogP contribution in [0.1, 0.15) is 17.0 Å². The van der Waals surface area contributed by atoms with Crippen molar-refractivity contribution in [3.63, 3.8) is 0 Å². The van der Waals surface area contributed by atoms with Crippen LogP contribution in [-0.2, 0) is 0 Å². The summed E-state index contributed by atoms with van der Waals surface area (Å²) >= 11 is 0. The molecule has 1 aromatic heterocycles. The highest BCUT2D eigenvalue weighted by Crippen LogP contribution is 2.39. The third kappa shape index (κ3) is 5.16. The fourth-order valence-corrected chi connectivity index (χ4v) is 4.26. The van der Waals surface area contributed by atoms with Crippen molar-refractivity contribution in [2.45, 2.75) is 12.0 Å². The predicted octanol–water partition coefficient (Wildman–Crippen LogP) is 3.46. The first-order chi connectivity index (χ1) is 16.6. The number of benzene rings is 3. The third-order valence-electron chi connectivity index (χ3n) is 5.91. The summed E-state index contributed by atoms with van der Waals surface area (Å²) in [5.41, 5.74) is 3.19. The molecule has 0 aliphatic rings. The van der Waals surface area contributed by atoms with Gasteiger partial charge in [0, 0.05) is 22.7 Å². The van der Waals surface area contributed by atoms with Crippen LogP contribution in [0.4, 0.5) is 4.39 Å². The van der Waals surface area contributed by atoms with Crippen LogP contribution in [0.3, 0.4) is 0 Å². The van der Waals surface area contributed by atoms with E-state index >= 15 is 0 Å². The Morgan fingerprint density at radius 3 is 2.44 bits per heavy atom. The van der Waals surface area contributed by atoms with Gasteiger partial charge in [-0.3, -0.25) is 0 Å². The summed E-state index contributed by atoms with van der Waals surface area (Å²) in [7, 11) is 3.27. The van der Waals surface area contributed by atoms with Gasteiger partial charge in [0.05, 0.1) is 26.7 Å². The summed E-state index contributed by atoms with van der Waals surface area (Å²) in [5, 5.41) is 13.6. The van der Waals surface area contributed by atoms with E-state index < -0.39 is 11.9 Å². The first-order valence-corrected chi connectivity index (χ1v) is 11.3. The number of H-pyrrole nitrogens is 1. The number of methoxy groups -OCH3 is 2. The van der Waals surface area contributed by atoms with Crippen molar-refractivity contribution in [3.8, 4) is 17.2 Å². The number of fused-ring (bicyclic) bond motifs is 1. The molecule has 0 unspecified atom stereocenters. The van der Waals surface area contributed by atoms with Crippen molar-refractivity contribution >= 4 is 10.9 Å². The van der Waals surface area contributed by atoms with Gasteiger partial charge in [-0.1, -0.05) is 42.5 Å². The van der Waals surface area contributed by atoms with E-state index in [1.54, 1.807) is 32.4 Å². The number of nitrogens with two attached hydrogens (primary N) is 1. The van der Waals surface area contributed by atoms with Crippen LogP contribution < -0.4 is 19.5 Å². The van der Waals surface area contributed by atoms with Gasteiger partial charge in [0.2, 0.25) is 0 Å². The molecule has 1 heterocycles. The SMILES string of the molecule is COc1cccc([C@H](C[NH2+]C[C@H](O)COc2ccccc2F)c2c[nH]c3ccccc23)c1OC. The van der Waals surface area contributed by atoms with Gasteiger partial charge in [-0.2, -0.15) is 0 Å². The number of nitrogens with one attached hydrogen (secondary N) is 1. The number of ether oxygens (including phenoxy) is 3. The Balaban J connectivity index is 1.52. The van der Waals surface area contributed by atoms with Crippen LogP contribution >= 0.6 is 0 Å². The molecule has 0 aliphatic heterocycles. The second kappa shape index (κ2) is 11.0. The van der Waals surface area contributed by atoms with E-state index in [9.17, 15) is 9.50 Å². The zero-order valence-electron chi connectivity index (χ0n) is 19.3. The molecule has 0 radical (unpaired) electrons. The standard InChI is InChI=1S/C27H29FN2O4/c1-32-26-13-7-9-20(27(26)33-2)21(22-16-30-24-11-5-3-8-19(22)24)15-29-14-18(31)17-34-25-12-6-4-10-23(25)28/h3-13,16,18,21,29-31H,14-15,17H2,1-2H3/p+1/t18-,21-/m0/s1. The highest BCUT2D eigenvalue weighted by Gasteiger charge is 2.25. The molecule has 0 fully saturated rings. The highest BCUT2D eigenvalue weighted by molar-refractivity contribution is 5.84. The molecule has 6 nitrogen and oxygen atoms in total. The van der Waals surface area contributed by atoms with Gasteiger partial charge >= 0.3 is 0 Å². The van der Waals surface area contributed by atoms with Crippen molar-refractivity contribution in [2.24, 2.45) is 0 Å². The maximum atomic E-state index is 13.8. The third-order valence-corrected chi connectivity index (χ3v) is 5.91. The summed E-state index contributed by atoms with van der Waals surface area (Å²) in [6, 6.07) is 20.2. The molecule has 3 aromatic carbocycles. The Kier molecular flexibility index (Phi) is 7.67. The Morgan fingerprint density at radius 2 is 1.65 bits per heavy atom. The van der Waals surface area contributed by atoms with Gasteiger partial charge in [0.15, 0.2) is 23.1 Å². The average molecular weight is 466 g/mol. The van der Waals surface area contributed by atoms with E-state index in [-0.39, 0.29) is 18.3 Å². The first kappa shape index (κ1) is 23.6. The van der Waals surface area contributed by atoms with Crippen molar-refractivity contribution in [1.29, 1.82) is 0 Å². The molecule has 0 bridgehead atoms. The van der Waals surface area contributed by atoms with Gasteiger partial charge < -0.3 is 29.6 Å². The number of halogens is 1. The smallest absolute Gasteiger partial charge is 0.165 e. The Labute approximate surface area is 198 Å². The topological polar surface area (TPSA) is 80.3 Å². The van der Waals surface area contributed by atoms with E-state index in [0.29, 0.717) is 24.6 Å². The number of hydrogen-bond donors (Lipinski definition) is 3. The molecular weight excluding hydrogens is 435 g/mol. The zero-order valence-corrected chi connectivity index (χ0v) is 19.3. The second-order valence-corrected chi connectivity index (χ2v) is 8.08. The normalized spacial score (nSPS) is 12.9. The van der Waals surface area contributed by atoms with Gasteiger partial charge in [0.25, 0.3) is 0 Å². The van der Waals surface area contributed by atoms with E-state index in [1.807, 2.05) is 47.9 Å². The van der Waals surface area contributed by atoms with Crippen LogP contribution in [0.5, 0.6) is 17.2 Å². The molecule has 4 aromatic rings. The summed E-state index contributed by atoms with van der Waals surface area (Å²) in [6.07, 6.45) is 1.27. The molecule has 0 saturated heterocycles. The Morgan fingerprint density at radius 1 is 0.882 bits per heavy atom. The minimum atomic E-state index is -0.754. The summed E-state index contributed by atoms with van der Waals surface area (Å²) in [4.78, 5) is 3.36. The van der Waals surface area contributed by atoms with Crippen LogP contribution in [0, 0.1) is 5.82 Å². The van der Waals surface area contributed by atoms with Gasteiger partial charge in [-0.15, -0.1) is 0 Å². The van der Waals surface area contributed by atoms with Crippen LogP contribution in [0.25, 0.3) is 10.9 Å². The average Bonchev–Trinajstić information content (AvgIpc) is 3.29. The second-order valence-electron chi connectivity index (χ2n) is 8.08. The predicted molar refractivity (Wildman–Crippen MR) is 129 cm³/mol. The van der Waals surface area contributed by atoms with Crippen molar-refractivity contribution in [2.75, 3.05) is 33.9 Å². The monoisotopic (exact) mass is 465 g/mol. The number of quaternary nitrogens is 1. The van der Waals surface area contributed by atoms with Crippen molar-refractivity contribution in [1.82, 2.24) is 4.98 Å². The van der Waals surface area contributed by atoms with Gasteiger partial charge in [-0.25, -0.2) is 4.39 Å². The molecule has 0 amide bonds. The largest absolute Gasteiger partial charge is 0.493 e. The van der Waals surface area contributed by atoms with Crippen LogP contribution in [0.15, 0.2) is 72.9 Å². The molecule has 4 rings (SSSR count). The summed E-state index contributed by atoms with van der Waals surface area (Å²) in [5.74, 6) is 1.03. The maximum Gasteiger partial charge on any atom is 0.165 e. The molecular formula is C27H30FN2O4+. The van der Waals surface area contributed by atoms with E-state index in [0.717, 1.165) is 22.0 Å². The fraction of sp³-hybridized carbons (Fsp3) is 0.259. The van der Waals surface area contributed by atoms with Gasteiger partial charge in [-0.05, 0) is 29.8 Å². The molecule has 0 saturated carbocycles. The van der Waals surface area contributed by atoms with E-state index in [2.05, 4.69) is 11.1 Å². The lowest BCUT2D eigenvalue weighted by atomic mass is 9.89. The number of aliphatic hydroxyl groups excluding tert-OH is 1. The van der Waals surface area contributed by atoms with Crippen molar-refractivity contribution in [3.05, 3.63) is 89.9 Å². The number of rotatable bonds is 11. The van der Waals surface area contributed by atoms with Crippen LogP contribution in [0.2, 0.25) is 0 Å². The molecule has 178 valence electrons. The number of aromatic amines is 1. The zero-order chi connectivity index (χ0) is 23.9. The van der Waals surface area contributed by atoms with Crippen LogP contribution in [-0.4, -0.2) is 50.1 Å². The highest BCUT2D eigenvalue weighted by atomic mass is 19.1. The van der Waals surface area contributed by atoms with Crippen molar-refractivity contribution < 1.29 is 29.0 Å². The molecule has 7 heteroatoms. The quantitative estimate of drug-likeness (QED) is 0.317. The summed E-state index contributed by atoms with van der Waals surface area (Å²) < 4.78 is 30.5. The fourth-order valence-electron chi connectivity index (χ4n) is 4.26. The Bertz CT molecular complexity index is 1230. The lowest BCUT2D eigenvalue weighted by Crippen LogP contribution is -2.87. The summed E-state index contributed by atoms with van der Waals surface area (Å²) in [6.45, 7) is 1.07. The minimum absolute atomic E-state index is 0.0116. The molecule has 0 spiro atoms. The molecule has 0 aliphatic carbocycles. The number of aliphatic hydroxyl groups is 1. The van der Waals surface area contributed by atoms with Gasteiger partial charge in [0.1, 0.15) is 19.3 Å². The molecule has 34 heavy (non-hydrogen) atoms. The first-order valence-electron chi connectivity index (χ1n) is 11.3. The number of aromatic nitrogens is 1. The maximum absolute atomic E-state index is 13.8. The molecule has 4 N–H and O–H groups in total. The Hall–Kier alpha value is -3.55. The number of hydrogen-bond acceptors (Lipinski definition) is 4. The lowest BCUT2D eigenvalue weighted by Gasteiger charge is -2.21.